The van der Waals surface area contributed by atoms with E-state index in [2.05, 4.69) is 0 Å². The molecule has 5 heteroatoms. The molecule has 0 radical (unpaired) electrons. The van der Waals surface area contributed by atoms with E-state index in [4.69, 9.17) is 9.84 Å². The summed E-state index contributed by atoms with van der Waals surface area (Å²) in [5.41, 5.74) is 0. The molecule has 1 saturated heterocycles. The summed E-state index contributed by atoms with van der Waals surface area (Å²) < 4.78 is 4.35. The highest BCUT2D eigenvalue weighted by Crippen LogP contribution is 2.21. The third-order valence-corrected chi connectivity index (χ3v) is 2.87. The number of aliphatic hydroxyl groups excluding tert-OH is 1. The summed E-state index contributed by atoms with van der Waals surface area (Å²) in [4.78, 5) is 10.3. The first-order chi connectivity index (χ1) is 5.11. The van der Waals surface area contributed by atoms with Crippen LogP contribution in [0.3, 0.4) is 0 Å². The first-order valence-electron chi connectivity index (χ1n) is 3.26. The van der Waals surface area contributed by atoms with E-state index in [1.165, 1.54) is 0 Å². The number of aliphatic hydroxyl groups is 1. The monoisotopic (exact) mass is 271 g/mol. The van der Waals surface area contributed by atoms with Crippen LogP contribution < -0.4 is 5.11 Å². The summed E-state index contributed by atoms with van der Waals surface area (Å²) in [6.45, 7) is 0.234. The fourth-order valence-corrected chi connectivity index (χ4v) is 1.50. The van der Waals surface area contributed by atoms with Crippen LogP contribution >= 0.6 is 22.6 Å². The zero-order chi connectivity index (χ0) is 8.43. The van der Waals surface area contributed by atoms with Gasteiger partial charge in [-0.1, -0.05) is 22.6 Å². The molecule has 0 amide bonds. The number of carboxylic acid groups (broad SMARTS) is 1. The molecule has 3 unspecified atom stereocenters. The number of ether oxygens (including phenoxy) is 1. The van der Waals surface area contributed by atoms with Crippen molar-refractivity contribution < 1.29 is 19.7 Å². The summed E-state index contributed by atoms with van der Waals surface area (Å²) in [5.74, 6) is -1.13. The van der Waals surface area contributed by atoms with Gasteiger partial charge in [0, 0.05) is 6.42 Å². The Hall–Kier alpha value is 0.120. The van der Waals surface area contributed by atoms with E-state index in [0.29, 0.717) is 6.42 Å². The van der Waals surface area contributed by atoms with Crippen molar-refractivity contribution in [1.82, 2.24) is 0 Å². The smallest absolute Gasteiger partial charge is 0.0799 e. The van der Waals surface area contributed by atoms with E-state index in [9.17, 15) is 9.90 Å². The molecule has 0 bridgehead atoms. The van der Waals surface area contributed by atoms with Crippen LogP contribution in [0.15, 0.2) is 0 Å². The Morgan fingerprint density at radius 3 is 2.82 bits per heavy atom. The Bertz CT molecular complexity index is 161. The number of carbonyl (C=O) groups is 1. The number of aliphatic carboxylic acids is 1. The molecule has 1 aliphatic rings. The topological polar surface area (TPSA) is 69.6 Å². The van der Waals surface area contributed by atoms with Crippen LogP contribution in [0.25, 0.3) is 0 Å². The molecule has 64 valence electrons. The van der Waals surface area contributed by atoms with Gasteiger partial charge in [0.15, 0.2) is 0 Å². The zero-order valence-corrected chi connectivity index (χ0v) is 7.85. The van der Waals surface area contributed by atoms with Crippen molar-refractivity contribution >= 4 is 28.6 Å². The second kappa shape index (κ2) is 3.68. The molecule has 1 fully saturated rings. The van der Waals surface area contributed by atoms with Crippen molar-refractivity contribution in [2.45, 2.75) is 22.6 Å². The highest BCUT2D eigenvalue weighted by atomic mass is 127. The molecule has 11 heavy (non-hydrogen) atoms. The molecule has 1 rings (SSSR count). The van der Waals surface area contributed by atoms with Crippen LogP contribution in [0.1, 0.15) is 6.42 Å². The number of hydrogen-bond donors (Lipinski definition) is 1. The summed E-state index contributed by atoms with van der Waals surface area (Å²) in [6, 6.07) is 0. The minimum atomic E-state index is -1.13. The van der Waals surface area contributed by atoms with Gasteiger partial charge in [-0.15, -0.1) is 0 Å². The van der Waals surface area contributed by atoms with Gasteiger partial charge in [0.05, 0.1) is 28.7 Å². The standard InChI is InChI=1S/C6H9IO4/c7-5(6(9)10)4-1-3(8)2-11-4/h3-5,8H,1-2H2,(H,9,10)/p-1. The molecule has 1 aliphatic heterocycles. The SMILES string of the molecule is O=C([O-])C(I)C1CC(O)CO1. The van der Waals surface area contributed by atoms with Crippen molar-refractivity contribution in [3.05, 3.63) is 0 Å². The van der Waals surface area contributed by atoms with Crippen LogP contribution in [0.2, 0.25) is 0 Å². The predicted octanol–water partition coefficient (Wildman–Crippen LogP) is -1.31. The molecule has 0 spiro atoms. The maximum absolute atomic E-state index is 10.3. The number of hydrogen-bond acceptors (Lipinski definition) is 4. The van der Waals surface area contributed by atoms with Gasteiger partial charge in [0.25, 0.3) is 0 Å². The van der Waals surface area contributed by atoms with Gasteiger partial charge in [0.2, 0.25) is 0 Å². The molecular formula is C6H8IO4-. The van der Waals surface area contributed by atoms with Crippen LogP contribution in [-0.4, -0.2) is 33.8 Å². The number of carbonyl (C=O) groups excluding carboxylic acids is 1. The second-order valence-corrected chi connectivity index (χ2v) is 3.82. The van der Waals surface area contributed by atoms with Gasteiger partial charge in [-0.25, -0.2) is 0 Å². The Morgan fingerprint density at radius 2 is 2.45 bits per heavy atom. The van der Waals surface area contributed by atoms with Gasteiger partial charge in [-0.2, -0.15) is 0 Å². The van der Waals surface area contributed by atoms with Gasteiger partial charge >= 0.3 is 0 Å². The maximum atomic E-state index is 10.3. The van der Waals surface area contributed by atoms with Gasteiger partial charge in [-0.3, -0.25) is 0 Å². The number of carboxylic acids is 1. The quantitative estimate of drug-likeness (QED) is 0.500. The molecule has 1 N–H and O–H groups in total. The van der Waals surface area contributed by atoms with Crippen LogP contribution in [0.5, 0.6) is 0 Å². The molecule has 0 aromatic rings. The third-order valence-electron chi connectivity index (χ3n) is 1.56. The molecule has 0 aromatic heterocycles. The molecule has 0 saturated carbocycles. The van der Waals surface area contributed by atoms with Crippen molar-refractivity contribution in [3.63, 3.8) is 0 Å². The summed E-state index contributed by atoms with van der Waals surface area (Å²) in [7, 11) is 0. The number of alkyl halides is 1. The highest BCUT2D eigenvalue weighted by Gasteiger charge is 2.29. The Balaban J connectivity index is 2.43. The van der Waals surface area contributed by atoms with Crippen molar-refractivity contribution in [2.24, 2.45) is 0 Å². The Morgan fingerprint density at radius 1 is 1.82 bits per heavy atom. The maximum Gasteiger partial charge on any atom is 0.0799 e. The first-order valence-corrected chi connectivity index (χ1v) is 4.50. The fraction of sp³-hybridized carbons (Fsp3) is 0.833. The largest absolute Gasteiger partial charge is 0.549 e. The van der Waals surface area contributed by atoms with Gasteiger partial charge < -0.3 is 19.7 Å². The van der Waals surface area contributed by atoms with E-state index in [1.54, 1.807) is 22.6 Å². The average molecular weight is 271 g/mol. The van der Waals surface area contributed by atoms with E-state index >= 15 is 0 Å². The molecule has 0 aromatic carbocycles. The first kappa shape index (κ1) is 9.21. The minimum Gasteiger partial charge on any atom is -0.549 e. The minimum absolute atomic E-state index is 0.234. The fourth-order valence-electron chi connectivity index (χ4n) is 0.995. The van der Waals surface area contributed by atoms with Crippen LogP contribution in [0.4, 0.5) is 0 Å². The number of halogens is 1. The highest BCUT2D eigenvalue weighted by molar-refractivity contribution is 14.1. The lowest BCUT2D eigenvalue weighted by atomic mass is 10.1. The van der Waals surface area contributed by atoms with E-state index in [0.717, 1.165) is 0 Å². The van der Waals surface area contributed by atoms with Crippen molar-refractivity contribution in [1.29, 1.82) is 0 Å². The second-order valence-electron chi connectivity index (χ2n) is 2.48. The molecule has 4 nitrogen and oxygen atoms in total. The van der Waals surface area contributed by atoms with Crippen molar-refractivity contribution in [2.75, 3.05) is 6.61 Å². The predicted molar refractivity (Wildman–Crippen MR) is 43.2 cm³/mol. The number of rotatable bonds is 2. The molecule has 0 aliphatic carbocycles. The van der Waals surface area contributed by atoms with E-state index in [-0.39, 0.29) is 6.61 Å². The summed E-state index contributed by atoms with van der Waals surface area (Å²) in [5, 5.41) is 19.3. The molecule has 1 heterocycles. The van der Waals surface area contributed by atoms with Gasteiger partial charge in [-0.05, 0) is 0 Å². The van der Waals surface area contributed by atoms with E-state index in [1.807, 2.05) is 0 Å². The Kier molecular flexibility index (Phi) is 3.08. The Labute approximate surface area is 77.7 Å². The molecule has 3 atom stereocenters. The van der Waals surface area contributed by atoms with E-state index < -0.39 is 22.1 Å². The third kappa shape index (κ3) is 2.28. The lowest BCUT2D eigenvalue weighted by Crippen LogP contribution is -2.39. The summed E-state index contributed by atoms with van der Waals surface area (Å²) in [6.07, 6.45) is -0.520. The average Bonchev–Trinajstić information content (AvgIpc) is 2.34. The summed E-state index contributed by atoms with van der Waals surface area (Å²) >= 11 is 1.75. The lowest BCUT2D eigenvalue weighted by Gasteiger charge is -2.16. The lowest BCUT2D eigenvalue weighted by molar-refractivity contribution is -0.305. The van der Waals surface area contributed by atoms with Crippen LogP contribution in [-0.2, 0) is 9.53 Å². The van der Waals surface area contributed by atoms with Crippen molar-refractivity contribution in [3.8, 4) is 0 Å². The van der Waals surface area contributed by atoms with Gasteiger partial charge in [0.1, 0.15) is 0 Å². The molecular weight excluding hydrogens is 263 g/mol. The normalized spacial score (nSPS) is 33.6. The zero-order valence-electron chi connectivity index (χ0n) is 5.70. The van der Waals surface area contributed by atoms with Crippen LogP contribution in [0, 0.1) is 0 Å².